The number of amides is 2. The predicted octanol–water partition coefficient (Wildman–Crippen LogP) is 4.01. The molecular weight excluding hydrogens is 404 g/mol. The number of anilines is 1. The molecule has 2 aromatic carbocycles. The minimum Gasteiger partial charge on any atom is -0.352 e. The van der Waals surface area contributed by atoms with Gasteiger partial charge in [0, 0.05) is 42.6 Å². The van der Waals surface area contributed by atoms with Crippen LogP contribution in [-0.4, -0.2) is 21.7 Å². The number of hydrogen-bond acceptors (Lipinski definition) is 6. The third-order valence-electron chi connectivity index (χ3n) is 4.03. The SMILES string of the molecule is CC(=O)NCc1ccc(-c2csc(NC(=O)/C=C/c3cccc([N+](=O)[O-])c3)n2)cc1. The maximum absolute atomic E-state index is 12.1. The molecule has 30 heavy (non-hydrogen) atoms. The van der Waals surface area contributed by atoms with Crippen LogP contribution in [0.3, 0.4) is 0 Å². The fraction of sp³-hybridized carbons (Fsp3) is 0.0952. The Morgan fingerprint density at radius 2 is 1.97 bits per heavy atom. The average molecular weight is 422 g/mol. The first-order valence-electron chi connectivity index (χ1n) is 8.93. The molecule has 0 bridgehead atoms. The molecule has 9 heteroatoms. The maximum atomic E-state index is 12.1. The van der Waals surface area contributed by atoms with Crippen LogP contribution in [-0.2, 0) is 16.1 Å². The number of aromatic nitrogens is 1. The van der Waals surface area contributed by atoms with Crippen LogP contribution >= 0.6 is 11.3 Å². The van der Waals surface area contributed by atoms with Crippen molar-refractivity contribution in [3.05, 3.63) is 81.2 Å². The van der Waals surface area contributed by atoms with Gasteiger partial charge < -0.3 is 5.32 Å². The second-order valence-electron chi connectivity index (χ2n) is 6.32. The van der Waals surface area contributed by atoms with Gasteiger partial charge in [-0.05, 0) is 17.2 Å². The zero-order chi connectivity index (χ0) is 21.5. The number of nitrogens with zero attached hydrogens (tertiary/aromatic N) is 2. The van der Waals surface area contributed by atoms with Gasteiger partial charge in [0.15, 0.2) is 5.13 Å². The molecule has 2 N–H and O–H groups in total. The molecule has 0 unspecified atom stereocenters. The molecule has 0 aliphatic heterocycles. The van der Waals surface area contributed by atoms with Crippen molar-refractivity contribution in [1.82, 2.24) is 10.3 Å². The average Bonchev–Trinajstić information content (AvgIpc) is 3.19. The molecule has 0 saturated carbocycles. The molecule has 0 saturated heterocycles. The molecule has 0 spiro atoms. The van der Waals surface area contributed by atoms with Crippen LogP contribution < -0.4 is 10.6 Å². The summed E-state index contributed by atoms with van der Waals surface area (Å²) in [7, 11) is 0. The largest absolute Gasteiger partial charge is 0.352 e. The highest BCUT2D eigenvalue weighted by Crippen LogP contribution is 2.25. The number of hydrogen-bond donors (Lipinski definition) is 2. The Kier molecular flexibility index (Phi) is 6.66. The maximum Gasteiger partial charge on any atom is 0.270 e. The fourth-order valence-electron chi connectivity index (χ4n) is 2.54. The summed E-state index contributed by atoms with van der Waals surface area (Å²) in [5.41, 5.74) is 3.11. The number of nitro benzene ring substituents is 1. The van der Waals surface area contributed by atoms with Gasteiger partial charge in [-0.15, -0.1) is 11.3 Å². The second kappa shape index (κ2) is 9.57. The summed E-state index contributed by atoms with van der Waals surface area (Å²) in [5, 5.41) is 18.5. The van der Waals surface area contributed by atoms with Crippen LogP contribution in [0.25, 0.3) is 17.3 Å². The van der Waals surface area contributed by atoms with Crippen molar-refractivity contribution in [2.75, 3.05) is 5.32 Å². The topological polar surface area (TPSA) is 114 Å². The lowest BCUT2D eigenvalue weighted by Crippen LogP contribution is -2.18. The monoisotopic (exact) mass is 422 g/mol. The van der Waals surface area contributed by atoms with Gasteiger partial charge in [-0.2, -0.15) is 0 Å². The van der Waals surface area contributed by atoms with Gasteiger partial charge in [0.25, 0.3) is 5.69 Å². The van der Waals surface area contributed by atoms with Crippen molar-refractivity contribution in [1.29, 1.82) is 0 Å². The Morgan fingerprint density at radius 1 is 1.20 bits per heavy atom. The Labute approximate surface area is 176 Å². The van der Waals surface area contributed by atoms with E-state index in [0.29, 0.717) is 17.2 Å². The summed E-state index contributed by atoms with van der Waals surface area (Å²) in [6.07, 6.45) is 2.81. The first-order chi connectivity index (χ1) is 14.4. The minimum absolute atomic E-state index is 0.0368. The third-order valence-corrected chi connectivity index (χ3v) is 4.79. The van der Waals surface area contributed by atoms with Crippen molar-refractivity contribution < 1.29 is 14.5 Å². The summed E-state index contributed by atoms with van der Waals surface area (Å²) < 4.78 is 0. The molecule has 0 atom stereocenters. The molecule has 0 radical (unpaired) electrons. The lowest BCUT2D eigenvalue weighted by atomic mass is 10.1. The lowest BCUT2D eigenvalue weighted by Gasteiger charge is -2.03. The minimum atomic E-state index is -0.485. The summed E-state index contributed by atoms with van der Waals surface area (Å²) in [6.45, 7) is 1.93. The highest BCUT2D eigenvalue weighted by Gasteiger charge is 2.08. The normalized spacial score (nSPS) is 10.7. The second-order valence-corrected chi connectivity index (χ2v) is 7.18. The predicted molar refractivity (Wildman–Crippen MR) is 116 cm³/mol. The van der Waals surface area contributed by atoms with E-state index in [-0.39, 0.29) is 17.5 Å². The van der Waals surface area contributed by atoms with E-state index in [1.165, 1.54) is 42.5 Å². The highest BCUT2D eigenvalue weighted by molar-refractivity contribution is 7.14. The van der Waals surface area contributed by atoms with Crippen molar-refractivity contribution in [3.63, 3.8) is 0 Å². The van der Waals surface area contributed by atoms with Crippen molar-refractivity contribution in [2.24, 2.45) is 0 Å². The molecule has 3 aromatic rings. The smallest absolute Gasteiger partial charge is 0.270 e. The summed E-state index contributed by atoms with van der Waals surface area (Å²) in [6, 6.07) is 13.6. The zero-order valence-electron chi connectivity index (χ0n) is 16.0. The van der Waals surface area contributed by atoms with E-state index in [9.17, 15) is 19.7 Å². The Bertz CT molecular complexity index is 1110. The standard InChI is InChI=1S/C21H18N4O4S/c1-14(26)22-12-16-5-8-17(9-6-16)19-13-30-21(23-19)24-20(27)10-7-15-3-2-4-18(11-15)25(28)29/h2-11,13H,12H2,1H3,(H,22,26)(H,23,24,27)/b10-7+. The summed E-state index contributed by atoms with van der Waals surface area (Å²) in [4.78, 5) is 37.8. The van der Waals surface area contributed by atoms with Crippen molar-refractivity contribution in [2.45, 2.75) is 13.5 Å². The van der Waals surface area contributed by atoms with Crippen LogP contribution in [0, 0.1) is 10.1 Å². The van der Waals surface area contributed by atoms with E-state index < -0.39 is 4.92 Å². The molecule has 0 fully saturated rings. The number of rotatable bonds is 7. The van der Waals surface area contributed by atoms with Gasteiger partial charge in [0.05, 0.1) is 10.6 Å². The zero-order valence-corrected chi connectivity index (χ0v) is 16.8. The first kappa shape index (κ1) is 20.9. The number of carbonyl (C=O) groups is 2. The van der Waals surface area contributed by atoms with E-state index in [2.05, 4.69) is 15.6 Å². The van der Waals surface area contributed by atoms with Crippen LogP contribution in [0.4, 0.5) is 10.8 Å². The lowest BCUT2D eigenvalue weighted by molar-refractivity contribution is -0.384. The Balaban J connectivity index is 1.61. The Morgan fingerprint density at radius 3 is 2.67 bits per heavy atom. The molecule has 8 nitrogen and oxygen atoms in total. The molecular formula is C21H18N4O4S. The molecule has 1 heterocycles. The first-order valence-corrected chi connectivity index (χ1v) is 9.81. The van der Waals surface area contributed by atoms with E-state index in [1.54, 1.807) is 12.1 Å². The van der Waals surface area contributed by atoms with Gasteiger partial charge in [0.2, 0.25) is 11.8 Å². The van der Waals surface area contributed by atoms with Gasteiger partial charge >= 0.3 is 0 Å². The number of carbonyl (C=O) groups excluding carboxylic acids is 2. The third kappa shape index (κ3) is 5.82. The molecule has 0 aliphatic carbocycles. The van der Waals surface area contributed by atoms with Gasteiger partial charge in [-0.3, -0.25) is 25.0 Å². The van der Waals surface area contributed by atoms with E-state index >= 15 is 0 Å². The summed E-state index contributed by atoms with van der Waals surface area (Å²) in [5.74, 6) is -0.466. The summed E-state index contributed by atoms with van der Waals surface area (Å²) >= 11 is 1.30. The number of nitrogens with one attached hydrogen (secondary N) is 2. The highest BCUT2D eigenvalue weighted by atomic mass is 32.1. The molecule has 2 amide bonds. The van der Waals surface area contributed by atoms with E-state index in [4.69, 9.17) is 0 Å². The van der Waals surface area contributed by atoms with E-state index in [1.807, 2.05) is 29.6 Å². The quantitative estimate of drug-likeness (QED) is 0.339. The van der Waals surface area contributed by atoms with Crippen molar-refractivity contribution >= 4 is 40.0 Å². The fourth-order valence-corrected chi connectivity index (χ4v) is 3.27. The van der Waals surface area contributed by atoms with Gasteiger partial charge in [-0.1, -0.05) is 36.4 Å². The number of thiazole rings is 1. The molecule has 3 rings (SSSR count). The molecule has 0 aliphatic rings. The van der Waals surface area contributed by atoms with Crippen LogP contribution in [0.1, 0.15) is 18.1 Å². The van der Waals surface area contributed by atoms with Crippen LogP contribution in [0.15, 0.2) is 60.0 Å². The van der Waals surface area contributed by atoms with Gasteiger partial charge in [-0.25, -0.2) is 4.98 Å². The van der Waals surface area contributed by atoms with Crippen LogP contribution in [0.5, 0.6) is 0 Å². The van der Waals surface area contributed by atoms with E-state index in [0.717, 1.165) is 16.8 Å². The van der Waals surface area contributed by atoms with Gasteiger partial charge in [0.1, 0.15) is 0 Å². The van der Waals surface area contributed by atoms with Crippen molar-refractivity contribution in [3.8, 4) is 11.3 Å². The van der Waals surface area contributed by atoms with Crippen LogP contribution in [0.2, 0.25) is 0 Å². The Hall–Kier alpha value is -3.85. The number of benzene rings is 2. The number of nitro groups is 1. The molecule has 1 aromatic heterocycles. The number of non-ortho nitro benzene ring substituents is 1. The molecule has 152 valence electrons.